The maximum Gasteiger partial charge on any atom is 0.336 e. The van der Waals surface area contributed by atoms with Gasteiger partial charge in [-0.3, -0.25) is 0 Å². The van der Waals surface area contributed by atoms with Gasteiger partial charge >= 0.3 is 5.97 Å². The molecule has 0 saturated carbocycles. The van der Waals surface area contributed by atoms with Crippen LogP contribution in [0.1, 0.15) is 25.3 Å². The van der Waals surface area contributed by atoms with Crippen molar-refractivity contribution < 1.29 is 14.6 Å². The lowest BCUT2D eigenvalue weighted by Gasteiger charge is -2.18. The average molecular weight is 286 g/mol. The highest BCUT2D eigenvalue weighted by Gasteiger charge is 2.25. The molecule has 0 saturated heterocycles. The number of carbonyl (C=O) groups excluding carboxylic acids is 1. The minimum Gasteiger partial charge on any atom is -0.464 e. The first-order valence-electron chi connectivity index (χ1n) is 6.40. The summed E-state index contributed by atoms with van der Waals surface area (Å²) in [6.07, 6.45) is 0.699. The molecule has 2 atom stereocenters. The van der Waals surface area contributed by atoms with Crippen molar-refractivity contribution in [2.24, 2.45) is 5.73 Å². The predicted octanol–water partition coefficient (Wildman–Crippen LogP) is 1.91. The molecular weight excluding hydrogens is 266 g/mol. The number of aliphatic hydroxyl groups excluding tert-OH is 1. The second-order valence-corrected chi connectivity index (χ2v) is 4.83. The van der Waals surface area contributed by atoms with Gasteiger partial charge in [0.2, 0.25) is 0 Å². The lowest BCUT2D eigenvalue weighted by molar-refractivity contribution is -0.154. The number of unbranched alkanes of at least 4 members (excludes halogenated alkanes) is 1. The van der Waals surface area contributed by atoms with Crippen LogP contribution in [0.2, 0.25) is 5.02 Å². The average Bonchev–Trinajstić information content (AvgIpc) is 2.40. The third kappa shape index (κ3) is 5.19. The highest BCUT2D eigenvalue weighted by molar-refractivity contribution is 6.31. The fourth-order valence-corrected chi connectivity index (χ4v) is 1.82. The molecule has 0 heterocycles. The molecule has 1 aromatic rings. The molecule has 1 rings (SSSR count). The lowest BCUT2D eigenvalue weighted by atomic mass is 10.0. The number of hydrogen-bond donors (Lipinski definition) is 2. The SMILES string of the molecule is CCCCOC(=O)C(O)C(N)Cc1ccccc1Cl. The third-order valence-electron chi connectivity index (χ3n) is 2.80. The number of hydrogen-bond acceptors (Lipinski definition) is 4. The topological polar surface area (TPSA) is 72.5 Å². The molecule has 0 spiro atoms. The second kappa shape index (κ2) is 8.15. The van der Waals surface area contributed by atoms with Crippen LogP contribution in [0.4, 0.5) is 0 Å². The zero-order valence-electron chi connectivity index (χ0n) is 11.0. The van der Waals surface area contributed by atoms with Crippen LogP contribution in [0.3, 0.4) is 0 Å². The van der Waals surface area contributed by atoms with Crippen LogP contribution in [-0.4, -0.2) is 29.8 Å². The van der Waals surface area contributed by atoms with Gasteiger partial charge in [-0.2, -0.15) is 0 Å². The van der Waals surface area contributed by atoms with Crippen LogP contribution >= 0.6 is 11.6 Å². The van der Waals surface area contributed by atoms with Crippen molar-refractivity contribution in [3.63, 3.8) is 0 Å². The van der Waals surface area contributed by atoms with E-state index in [1.807, 2.05) is 25.1 Å². The van der Waals surface area contributed by atoms with Crippen LogP contribution in [0.25, 0.3) is 0 Å². The minimum atomic E-state index is -1.33. The van der Waals surface area contributed by atoms with Crippen LogP contribution in [-0.2, 0) is 16.0 Å². The van der Waals surface area contributed by atoms with E-state index in [1.165, 1.54) is 0 Å². The first-order chi connectivity index (χ1) is 9.06. The van der Waals surface area contributed by atoms with E-state index in [0.717, 1.165) is 18.4 Å². The fraction of sp³-hybridized carbons (Fsp3) is 0.500. The Morgan fingerprint density at radius 1 is 1.47 bits per heavy atom. The Hall–Kier alpha value is -1.10. The van der Waals surface area contributed by atoms with Gasteiger partial charge < -0.3 is 15.6 Å². The molecule has 0 aliphatic rings. The molecule has 3 N–H and O–H groups in total. The second-order valence-electron chi connectivity index (χ2n) is 4.43. The van der Waals surface area contributed by atoms with Gasteiger partial charge in [-0.15, -0.1) is 0 Å². The van der Waals surface area contributed by atoms with E-state index in [4.69, 9.17) is 22.1 Å². The monoisotopic (exact) mass is 285 g/mol. The normalized spacial score (nSPS) is 13.9. The summed E-state index contributed by atoms with van der Waals surface area (Å²) in [7, 11) is 0. The van der Waals surface area contributed by atoms with Gasteiger partial charge in [-0.05, 0) is 24.5 Å². The first kappa shape index (κ1) is 16.0. The highest BCUT2D eigenvalue weighted by Crippen LogP contribution is 2.17. The van der Waals surface area contributed by atoms with E-state index in [9.17, 15) is 9.90 Å². The van der Waals surface area contributed by atoms with Gasteiger partial charge in [0.05, 0.1) is 6.61 Å². The van der Waals surface area contributed by atoms with Gasteiger partial charge in [0.25, 0.3) is 0 Å². The Labute approximate surface area is 118 Å². The van der Waals surface area contributed by atoms with Crippen molar-refractivity contribution in [1.82, 2.24) is 0 Å². The smallest absolute Gasteiger partial charge is 0.336 e. The molecule has 0 amide bonds. The van der Waals surface area contributed by atoms with Gasteiger partial charge in [0.15, 0.2) is 6.10 Å². The predicted molar refractivity (Wildman–Crippen MR) is 75.0 cm³/mol. The number of aliphatic hydroxyl groups is 1. The maximum absolute atomic E-state index is 11.5. The summed E-state index contributed by atoms with van der Waals surface area (Å²) < 4.78 is 4.93. The zero-order chi connectivity index (χ0) is 14.3. The van der Waals surface area contributed by atoms with Crippen LogP contribution in [0, 0.1) is 0 Å². The van der Waals surface area contributed by atoms with Crippen molar-refractivity contribution >= 4 is 17.6 Å². The molecule has 0 fully saturated rings. The highest BCUT2D eigenvalue weighted by atomic mass is 35.5. The largest absolute Gasteiger partial charge is 0.464 e. The number of esters is 1. The molecule has 0 aliphatic carbocycles. The molecule has 4 nitrogen and oxygen atoms in total. The Balaban J connectivity index is 2.50. The minimum absolute atomic E-state index is 0.311. The zero-order valence-corrected chi connectivity index (χ0v) is 11.8. The molecule has 0 aliphatic heterocycles. The summed E-state index contributed by atoms with van der Waals surface area (Å²) in [5.41, 5.74) is 6.62. The lowest BCUT2D eigenvalue weighted by Crippen LogP contribution is -2.43. The first-order valence-corrected chi connectivity index (χ1v) is 6.77. The van der Waals surface area contributed by atoms with E-state index in [1.54, 1.807) is 6.07 Å². The van der Waals surface area contributed by atoms with Crippen LogP contribution in [0.5, 0.6) is 0 Å². The molecule has 2 unspecified atom stereocenters. The quantitative estimate of drug-likeness (QED) is 0.593. The summed E-state index contributed by atoms with van der Waals surface area (Å²) in [5, 5.41) is 10.4. The van der Waals surface area contributed by atoms with Crippen LogP contribution < -0.4 is 5.73 Å². The van der Waals surface area contributed by atoms with Crippen molar-refractivity contribution in [3.05, 3.63) is 34.9 Å². The van der Waals surface area contributed by atoms with Crippen molar-refractivity contribution in [3.8, 4) is 0 Å². The Morgan fingerprint density at radius 3 is 2.79 bits per heavy atom. The van der Waals surface area contributed by atoms with E-state index >= 15 is 0 Å². The summed E-state index contributed by atoms with van der Waals surface area (Å²) in [6.45, 7) is 2.30. The molecule has 0 bridgehead atoms. The van der Waals surface area contributed by atoms with E-state index in [-0.39, 0.29) is 0 Å². The van der Waals surface area contributed by atoms with Gasteiger partial charge in [-0.25, -0.2) is 4.79 Å². The molecular formula is C14H20ClNO3. The van der Waals surface area contributed by atoms with Crippen molar-refractivity contribution in [2.45, 2.75) is 38.3 Å². The molecule has 0 aromatic heterocycles. The number of ether oxygens (including phenoxy) is 1. The Bertz CT molecular complexity index is 411. The number of carbonyl (C=O) groups is 1. The maximum atomic E-state index is 11.5. The van der Waals surface area contributed by atoms with E-state index in [2.05, 4.69) is 0 Å². The summed E-state index contributed by atoms with van der Waals surface area (Å²) in [6, 6.07) is 6.48. The summed E-state index contributed by atoms with van der Waals surface area (Å²) in [4.78, 5) is 11.5. The summed E-state index contributed by atoms with van der Waals surface area (Å²) >= 11 is 6.00. The number of benzene rings is 1. The van der Waals surface area contributed by atoms with E-state index < -0.39 is 18.1 Å². The Kier molecular flexibility index (Phi) is 6.84. The molecule has 1 aromatic carbocycles. The Morgan fingerprint density at radius 2 is 2.16 bits per heavy atom. The third-order valence-corrected chi connectivity index (χ3v) is 3.17. The molecule has 106 valence electrons. The van der Waals surface area contributed by atoms with Gasteiger partial charge in [-0.1, -0.05) is 43.1 Å². The summed E-state index contributed by atoms with van der Waals surface area (Å²) in [5.74, 6) is -0.673. The molecule has 19 heavy (non-hydrogen) atoms. The van der Waals surface area contributed by atoms with Gasteiger partial charge in [0, 0.05) is 11.1 Å². The fourth-order valence-electron chi connectivity index (χ4n) is 1.61. The molecule has 5 heteroatoms. The van der Waals surface area contributed by atoms with E-state index in [0.29, 0.717) is 18.1 Å². The van der Waals surface area contributed by atoms with Crippen molar-refractivity contribution in [1.29, 1.82) is 0 Å². The number of nitrogens with two attached hydrogens (primary N) is 1. The van der Waals surface area contributed by atoms with Gasteiger partial charge in [0.1, 0.15) is 0 Å². The molecule has 0 radical (unpaired) electrons. The standard InChI is InChI=1S/C14H20ClNO3/c1-2-3-8-19-14(18)13(17)12(16)9-10-6-4-5-7-11(10)15/h4-7,12-13,17H,2-3,8-9,16H2,1H3. The number of rotatable bonds is 7. The number of halogens is 1. The van der Waals surface area contributed by atoms with Crippen molar-refractivity contribution in [2.75, 3.05) is 6.61 Å². The van der Waals surface area contributed by atoms with Crippen LogP contribution in [0.15, 0.2) is 24.3 Å².